The average Bonchev–Trinajstić information content (AvgIpc) is 2.10. The molecule has 0 saturated heterocycles. The first-order chi connectivity index (χ1) is 6.63. The molecule has 2 N–H and O–H groups in total. The second-order valence-electron chi connectivity index (χ2n) is 3.11. The molecule has 1 atom stereocenters. The normalized spacial score (nSPS) is 12.9. The van der Waals surface area contributed by atoms with Gasteiger partial charge in [-0.3, -0.25) is 0 Å². The van der Waals surface area contributed by atoms with E-state index in [9.17, 15) is 4.39 Å². The third-order valence-corrected chi connectivity index (χ3v) is 2.78. The van der Waals surface area contributed by atoms with E-state index < -0.39 is 6.17 Å². The van der Waals surface area contributed by atoms with Crippen LogP contribution >= 0.6 is 27.5 Å². The lowest BCUT2D eigenvalue weighted by molar-refractivity contribution is 0.316. The highest BCUT2D eigenvalue weighted by Crippen LogP contribution is 2.23. The van der Waals surface area contributed by atoms with E-state index in [1.54, 1.807) is 6.07 Å². The number of alkyl halides is 1. The van der Waals surface area contributed by atoms with Crippen LogP contribution in [0.1, 0.15) is 12.0 Å². The van der Waals surface area contributed by atoms with Gasteiger partial charge < -0.3 is 5.73 Å². The molecule has 0 fully saturated rings. The molecule has 0 saturated carbocycles. The molecule has 1 aromatic carbocycles. The van der Waals surface area contributed by atoms with Crippen molar-refractivity contribution >= 4 is 27.5 Å². The van der Waals surface area contributed by atoms with E-state index in [-0.39, 0.29) is 0 Å². The second-order valence-corrected chi connectivity index (χ2v) is 4.44. The lowest BCUT2D eigenvalue weighted by Gasteiger charge is -2.08. The van der Waals surface area contributed by atoms with Crippen LogP contribution in [0.3, 0.4) is 0 Å². The molecule has 0 heterocycles. The number of hydrogen-bond acceptors (Lipinski definition) is 1. The van der Waals surface area contributed by atoms with Gasteiger partial charge in [-0.05, 0) is 30.7 Å². The van der Waals surface area contributed by atoms with E-state index in [4.69, 9.17) is 17.3 Å². The fourth-order valence-corrected chi connectivity index (χ4v) is 1.96. The molecule has 1 rings (SSSR count). The van der Waals surface area contributed by atoms with Gasteiger partial charge in [0.15, 0.2) is 0 Å². The molecule has 0 bridgehead atoms. The standard InChI is InChI=1S/C10H12BrClFN/c11-8-2-1-7(10(12)6-8)5-9(13)3-4-14/h1-2,6,9H,3-5,14H2. The molecular formula is C10H12BrClFN. The summed E-state index contributed by atoms with van der Waals surface area (Å²) in [5.74, 6) is 0. The Hall–Kier alpha value is -0.120. The molecule has 1 unspecified atom stereocenters. The first-order valence-corrected chi connectivity index (χ1v) is 5.58. The molecule has 4 heteroatoms. The lowest BCUT2D eigenvalue weighted by Crippen LogP contribution is -2.11. The zero-order valence-electron chi connectivity index (χ0n) is 7.64. The largest absolute Gasteiger partial charge is 0.330 e. The molecule has 0 aliphatic heterocycles. The molecule has 0 spiro atoms. The molecule has 0 aromatic heterocycles. The third kappa shape index (κ3) is 3.56. The van der Waals surface area contributed by atoms with Crippen molar-refractivity contribution in [2.45, 2.75) is 19.0 Å². The minimum atomic E-state index is -0.904. The van der Waals surface area contributed by atoms with Crippen molar-refractivity contribution in [3.63, 3.8) is 0 Å². The van der Waals surface area contributed by atoms with Crippen molar-refractivity contribution in [1.29, 1.82) is 0 Å². The highest BCUT2D eigenvalue weighted by molar-refractivity contribution is 9.10. The van der Waals surface area contributed by atoms with E-state index in [0.717, 1.165) is 10.0 Å². The summed E-state index contributed by atoms with van der Waals surface area (Å²) in [6, 6.07) is 5.46. The highest BCUT2D eigenvalue weighted by Gasteiger charge is 2.09. The van der Waals surface area contributed by atoms with E-state index in [0.29, 0.717) is 24.4 Å². The Morgan fingerprint density at radius 3 is 2.79 bits per heavy atom. The van der Waals surface area contributed by atoms with Crippen LogP contribution in [0.4, 0.5) is 4.39 Å². The maximum Gasteiger partial charge on any atom is 0.105 e. The van der Waals surface area contributed by atoms with E-state index >= 15 is 0 Å². The minimum absolute atomic E-state index is 0.337. The minimum Gasteiger partial charge on any atom is -0.330 e. The van der Waals surface area contributed by atoms with Crippen molar-refractivity contribution in [3.8, 4) is 0 Å². The first-order valence-electron chi connectivity index (χ1n) is 4.41. The fourth-order valence-electron chi connectivity index (χ4n) is 1.21. The van der Waals surface area contributed by atoms with Crippen molar-refractivity contribution in [1.82, 2.24) is 0 Å². The summed E-state index contributed by atoms with van der Waals surface area (Å²) in [6.07, 6.45) is -0.186. The van der Waals surface area contributed by atoms with E-state index in [2.05, 4.69) is 15.9 Å². The van der Waals surface area contributed by atoms with E-state index in [1.165, 1.54) is 0 Å². The summed E-state index contributed by atoms with van der Waals surface area (Å²) in [7, 11) is 0. The van der Waals surface area contributed by atoms with Crippen LogP contribution in [0.15, 0.2) is 22.7 Å². The van der Waals surface area contributed by atoms with Crippen LogP contribution in [0.5, 0.6) is 0 Å². The van der Waals surface area contributed by atoms with Gasteiger partial charge in [0.25, 0.3) is 0 Å². The Bertz CT molecular complexity index is 306. The Morgan fingerprint density at radius 1 is 1.50 bits per heavy atom. The summed E-state index contributed by atoms with van der Waals surface area (Å²) < 4.78 is 14.1. The average molecular weight is 281 g/mol. The number of nitrogens with two attached hydrogens (primary N) is 1. The predicted octanol–water partition coefficient (Wildman–Crippen LogP) is 3.33. The summed E-state index contributed by atoms with van der Waals surface area (Å²) in [5, 5.41) is 0.596. The van der Waals surface area contributed by atoms with Gasteiger partial charge in [-0.1, -0.05) is 33.6 Å². The van der Waals surface area contributed by atoms with Crippen molar-refractivity contribution in [3.05, 3.63) is 33.3 Å². The lowest BCUT2D eigenvalue weighted by atomic mass is 10.1. The Balaban J connectivity index is 2.67. The number of halogens is 3. The molecule has 14 heavy (non-hydrogen) atoms. The highest BCUT2D eigenvalue weighted by atomic mass is 79.9. The summed E-state index contributed by atoms with van der Waals surface area (Å²) >= 11 is 9.24. The monoisotopic (exact) mass is 279 g/mol. The van der Waals surface area contributed by atoms with Gasteiger partial charge in [-0.15, -0.1) is 0 Å². The van der Waals surface area contributed by atoms with Crippen molar-refractivity contribution in [2.75, 3.05) is 6.54 Å². The topological polar surface area (TPSA) is 26.0 Å². The Morgan fingerprint density at radius 2 is 2.21 bits per heavy atom. The van der Waals surface area contributed by atoms with Gasteiger partial charge in [0, 0.05) is 15.9 Å². The first kappa shape index (κ1) is 12.0. The van der Waals surface area contributed by atoms with Crippen molar-refractivity contribution < 1.29 is 4.39 Å². The SMILES string of the molecule is NCCC(F)Cc1ccc(Br)cc1Cl. The quantitative estimate of drug-likeness (QED) is 0.899. The van der Waals surface area contributed by atoms with Gasteiger partial charge in [-0.2, -0.15) is 0 Å². The summed E-state index contributed by atoms with van der Waals surface area (Å²) in [5.41, 5.74) is 6.09. The third-order valence-electron chi connectivity index (χ3n) is 1.94. The molecule has 0 aliphatic rings. The van der Waals surface area contributed by atoms with E-state index in [1.807, 2.05) is 12.1 Å². The van der Waals surface area contributed by atoms with Gasteiger partial charge in [0.2, 0.25) is 0 Å². The van der Waals surface area contributed by atoms with Gasteiger partial charge in [-0.25, -0.2) is 4.39 Å². The molecule has 0 aliphatic carbocycles. The predicted molar refractivity (Wildman–Crippen MR) is 61.4 cm³/mol. The maximum atomic E-state index is 13.2. The van der Waals surface area contributed by atoms with Crippen molar-refractivity contribution in [2.24, 2.45) is 5.73 Å². The molecule has 1 aromatic rings. The van der Waals surface area contributed by atoms with Crippen LogP contribution in [-0.4, -0.2) is 12.7 Å². The Kier molecular flexibility index (Phi) is 4.85. The Labute approximate surface area is 96.6 Å². The molecule has 0 amide bonds. The van der Waals surface area contributed by atoms with Gasteiger partial charge >= 0.3 is 0 Å². The van der Waals surface area contributed by atoms with Gasteiger partial charge in [0.1, 0.15) is 6.17 Å². The number of hydrogen-bond donors (Lipinski definition) is 1. The van der Waals surface area contributed by atoms with Crippen LogP contribution < -0.4 is 5.73 Å². The van der Waals surface area contributed by atoms with Gasteiger partial charge in [0.05, 0.1) is 0 Å². The van der Waals surface area contributed by atoms with Crippen LogP contribution in [0, 0.1) is 0 Å². The molecule has 1 nitrogen and oxygen atoms in total. The number of benzene rings is 1. The second kappa shape index (κ2) is 5.69. The van der Waals surface area contributed by atoms with Crippen LogP contribution in [0.2, 0.25) is 5.02 Å². The van der Waals surface area contributed by atoms with Crippen LogP contribution in [0.25, 0.3) is 0 Å². The maximum absolute atomic E-state index is 13.2. The zero-order chi connectivity index (χ0) is 10.6. The molecule has 78 valence electrons. The van der Waals surface area contributed by atoms with Crippen LogP contribution in [-0.2, 0) is 6.42 Å². The molecule has 0 radical (unpaired) electrons. The summed E-state index contributed by atoms with van der Waals surface area (Å²) in [6.45, 7) is 0.370. The zero-order valence-corrected chi connectivity index (χ0v) is 9.98. The fraction of sp³-hybridized carbons (Fsp3) is 0.400. The molecular weight excluding hydrogens is 268 g/mol. The summed E-state index contributed by atoms with van der Waals surface area (Å²) in [4.78, 5) is 0. The smallest absolute Gasteiger partial charge is 0.105 e. The number of rotatable bonds is 4.